The van der Waals surface area contributed by atoms with E-state index >= 15 is 0 Å². The van der Waals surface area contributed by atoms with E-state index in [1.165, 1.54) is 13.2 Å². The number of ether oxygens (including phenoxy) is 1. The molecule has 0 aliphatic heterocycles. The fourth-order valence-corrected chi connectivity index (χ4v) is 1.19. The van der Waals surface area contributed by atoms with E-state index in [-0.39, 0.29) is 5.70 Å². The molecule has 0 radical (unpaired) electrons. The zero-order valence-electron chi connectivity index (χ0n) is 9.34. The number of nitrogens with one attached hydrogen (secondary N) is 1. The van der Waals surface area contributed by atoms with E-state index in [1.807, 2.05) is 30.3 Å². The van der Waals surface area contributed by atoms with Gasteiger partial charge in [-0.3, -0.25) is 5.32 Å². The van der Waals surface area contributed by atoms with Crippen LogP contribution in [0.15, 0.2) is 42.1 Å². The van der Waals surface area contributed by atoms with Crippen LogP contribution in [-0.4, -0.2) is 24.3 Å². The van der Waals surface area contributed by atoms with Gasteiger partial charge in [-0.2, -0.15) is 0 Å². The summed E-state index contributed by atoms with van der Waals surface area (Å²) in [6.45, 7) is 0. The summed E-state index contributed by atoms with van der Waals surface area (Å²) in [5, 5.41) is 11.0. The summed E-state index contributed by atoms with van der Waals surface area (Å²) in [4.78, 5) is 21.7. The largest absolute Gasteiger partial charge is 0.477 e. The first-order valence-corrected chi connectivity index (χ1v) is 4.96. The zero-order valence-corrected chi connectivity index (χ0v) is 9.34. The molecule has 90 valence electrons. The average molecular weight is 235 g/mol. The third kappa shape index (κ3) is 4.38. The minimum absolute atomic E-state index is 0.194. The summed E-state index contributed by atoms with van der Waals surface area (Å²) >= 11 is 0. The number of alkyl carbamates (subject to hydrolysis) is 1. The van der Waals surface area contributed by atoms with Crippen LogP contribution >= 0.6 is 0 Å². The SMILES string of the molecule is COC(=O)N/C(=C/Cc1ccccc1)C(=O)O. The van der Waals surface area contributed by atoms with E-state index in [0.29, 0.717) is 6.42 Å². The maximum atomic E-state index is 10.9. The molecule has 0 saturated carbocycles. The number of carbonyl (C=O) groups excluding carboxylic acids is 1. The highest BCUT2D eigenvalue weighted by molar-refractivity contribution is 5.90. The molecule has 0 spiro atoms. The van der Waals surface area contributed by atoms with Crippen LogP contribution in [0, 0.1) is 0 Å². The topological polar surface area (TPSA) is 75.6 Å². The van der Waals surface area contributed by atoms with Crippen LogP contribution in [0.1, 0.15) is 5.56 Å². The van der Waals surface area contributed by atoms with E-state index in [0.717, 1.165) is 5.56 Å². The molecule has 1 aromatic rings. The summed E-state index contributed by atoms with van der Waals surface area (Å²) in [6.07, 6.45) is 1.05. The van der Waals surface area contributed by atoms with Crippen molar-refractivity contribution in [3.05, 3.63) is 47.7 Å². The van der Waals surface area contributed by atoms with Gasteiger partial charge in [0.1, 0.15) is 5.70 Å². The minimum Gasteiger partial charge on any atom is -0.477 e. The van der Waals surface area contributed by atoms with Gasteiger partial charge in [-0.05, 0) is 18.1 Å². The summed E-state index contributed by atoms with van der Waals surface area (Å²) in [6, 6.07) is 9.33. The van der Waals surface area contributed by atoms with Crippen molar-refractivity contribution < 1.29 is 19.4 Å². The molecule has 0 unspecified atom stereocenters. The summed E-state index contributed by atoms with van der Waals surface area (Å²) in [5.74, 6) is -1.20. The van der Waals surface area contributed by atoms with Crippen molar-refractivity contribution in [2.75, 3.05) is 7.11 Å². The maximum absolute atomic E-state index is 10.9. The Balaban J connectivity index is 2.71. The number of hydrogen-bond donors (Lipinski definition) is 2. The number of hydrogen-bond acceptors (Lipinski definition) is 3. The molecule has 0 atom stereocenters. The van der Waals surface area contributed by atoms with E-state index in [1.54, 1.807) is 0 Å². The Morgan fingerprint density at radius 3 is 2.53 bits per heavy atom. The fourth-order valence-electron chi connectivity index (χ4n) is 1.19. The lowest BCUT2D eigenvalue weighted by atomic mass is 10.1. The smallest absolute Gasteiger partial charge is 0.411 e. The number of allylic oxidation sites excluding steroid dienone is 1. The van der Waals surface area contributed by atoms with Crippen LogP contribution in [0.5, 0.6) is 0 Å². The summed E-state index contributed by atoms with van der Waals surface area (Å²) in [7, 11) is 1.17. The van der Waals surface area contributed by atoms with Gasteiger partial charge in [0.15, 0.2) is 0 Å². The molecule has 0 fully saturated rings. The number of benzene rings is 1. The van der Waals surface area contributed by atoms with Crippen molar-refractivity contribution in [3.63, 3.8) is 0 Å². The molecule has 0 aliphatic rings. The Hall–Kier alpha value is -2.30. The first-order chi connectivity index (χ1) is 8.13. The molecule has 1 amide bonds. The van der Waals surface area contributed by atoms with Gasteiger partial charge in [0.25, 0.3) is 0 Å². The lowest BCUT2D eigenvalue weighted by Gasteiger charge is -2.04. The molecule has 0 aliphatic carbocycles. The molecule has 1 aromatic carbocycles. The third-order valence-corrected chi connectivity index (χ3v) is 2.04. The normalized spacial score (nSPS) is 10.8. The molecule has 0 bridgehead atoms. The van der Waals surface area contributed by atoms with E-state index < -0.39 is 12.1 Å². The second kappa shape index (κ2) is 6.32. The van der Waals surface area contributed by atoms with Crippen molar-refractivity contribution in [2.45, 2.75) is 6.42 Å². The van der Waals surface area contributed by atoms with Crippen molar-refractivity contribution in [1.82, 2.24) is 5.32 Å². The quantitative estimate of drug-likeness (QED) is 0.776. The Labute approximate surface area is 98.7 Å². The number of rotatable bonds is 4. The first-order valence-electron chi connectivity index (χ1n) is 4.96. The van der Waals surface area contributed by atoms with E-state index in [9.17, 15) is 9.59 Å². The highest BCUT2D eigenvalue weighted by Gasteiger charge is 2.10. The molecule has 17 heavy (non-hydrogen) atoms. The molecule has 0 heterocycles. The average Bonchev–Trinajstić information content (AvgIpc) is 2.35. The van der Waals surface area contributed by atoms with Gasteiger partial charge in [-0.1, -0.05) is 30.3 Å². The lowest BCUT2D eigenvalue weighted by Crippen LogP contribution is -2.27. The molecule has 0 aromatic heterocycles. The van der Waals surface area contributed by atoms with Gasteiger partial charge in [0.2, 0.25) is 0 Å². The minimum atomic E-state index is -1.20. The van der Waals surface area contributed by atoms with Crippen molar-refractivity contribution in [2.24, 2.45) is 0 Å². The van der Waals surface area contributed by atoms with Crippen LogP contribution < -0.4 is 5.32 Å². The lowest BCUT2D eigenvalue weighted by molar-refractivity contribution is -0.133. The molecular weight excluding hydrogens is 222 g/mol. The Morgan fingerprint density at radius 1 is 1.35 bits per heavy atom. The van der Waals surface area contributed by atoms with E-state index in [4.69, 9.17) is 5.11 Å². The summed E-state index contributed by atoms with van der Waals surface area (Å²) < 4.78 is 4.33. The number of carboxylic acids is 1. The third-order valence-electron chi connectivity index (χ3n) is 2.04. The molecule has 2 N–H and O–H groups in total. The highest BCUT2D eigenvalue weighted by atomic mass is 16.5. The van der Waals surface area contributed by atoms with Crippen LogP contribution in [-0.2, 0) is 16.0 Å². The Kier molecular flexibility index (Phi) is 4.75. The molecule has 1 rings (SSSR count). The van der Waals surface area contributed by atoms with Crippen molar-refractivity contribution >= 4 is 12.1 Å². The van der Waals surface area contributed by atoms with Gasteiger partial charge in [0, 0.05) is 0 Å². The number of aliphatic carboxylic acids is 1. The van der Waals surface area contributed by atoms with Gasteiger partial charge >= 0.3 is 12.1 Å². The van der Waals surface area contributed by atoms with Crippen LogP contribution in [0.3, 0.4) is 0 Å². The fraction of sp³-hybridized carbons (Fsp3) is 0.167. The van der Waals surface area contributed by atoms with Crippen molar-refractivity contribution in [3.8, 4) is 0 Å². The molecule has 0 saturated heterocycles. The first kappa shape index (κ1) is 12.8. The molecule has 5 nitrogen and oxygen atoms in total. The van der Waals surface area contributed by atoms with Crippen LogP contribution in [0.25, 0.3) is 0 Å². The van der Waals surface area contributed by atoms with Gasteiger partial charge in [-0.15, -0.1) is 0 Å². The predicted molar refractivity (Wildman–Crippen MR) is 61.4 cm³/mol. The number of carbonyl (C=O) groups is 2. The maximum Gasteiger partial charge on any atom is 0.411 e. The zero-order chi connectivity index (χ0) is 12.7. The number of amides is 1. The Bertz CT molecular complexity index is 425. The highest BCUT2D eigenvalue weighted by Crippen LogP contribution is 2.02. The molecule has 5 heteroatoms. The number of methoxy groups -OCH3 is 1. The van der Waals surface area contributed by atoms with Crippen LogP contribution in [0.4, 0.5) is 4.79 Å². The Morgan fingerprint density at radius 2 is 2.00 bits per heavy atom. The standard InChI is InChI=1S/C12H13NO4/c1-17-12(16)13-10(11(14)15)8-7-9-5-3-2-4-6-9/h2-6,8H,7H2,1H3,(H,13,16)(H,14,15)/b10-8+. The predicted octanol–water partition coefficient (Wildman–Crippen LogP) is 1.55. The van der Waals surface area contributed by atoms with Gasteiger partial charge < -0.3 is 9.84 Å². The molecular formula is C12H13NO4. The monoisotopic (exact) mass is 235 g/mol. The van der Waals surface area contributed by atoms with Crippen LogP contribution in [0.2, 0.25) is 0 Å². The second-order valence-corrected chi connectivity index (χ2v) is 3.23. The second-order valence-electron chi connectivity index (χ2n) is 3.23. The van der Waals surface area contributed by atoms with Crippen molar-refractivity contribution in [1.29, 1.82) is 0 Å². The van der Waals surface area contributed by atoms with E-state index in [2.05, 4.69) is 10.1 Å². The van der Waals surface area contributed by atoms with Gasteiger partial charge in [-0.25, -0.2) is 9.59 Å². The summed E-state index contributed by atoms with van der Waals surface area (Å²) in [5.41, 5.74) is 0.763. The number of carboxylic acid groups (broad SMARTS) is 1. The van der Waals surface area contributed by atoms with Gasteiger partial charge in [0.05, 0.1) is 7.11 Å².